The van der Waals surface area contributed by atoms with Gasteiger partial charge in [-0.25, -0.2) is 9.59 Å². The Morgan fingerprint density at radius 2 is 0.770 bits per heavy atom. The highest BCUT2D eigenvalue weighted by atomic mass is 35.5. The first-order valence-electron chi connectivity index (χ1n) is 30.5. The number of carbonyl (C=O) groups is 6. The minimum Gasteiger partial charge on any atom is -1.00 e. The van der Waals surface area contributed by atoms with Crippen LogP contribution in [0.3, 0.4) is 0 Å². The van der Waals surface area contributed by atoms with Gasteiger partial charge >= 0.3 is 11.9 Å². The lowest BCUT2D eigenvalue weighted by Gasteiger charge is -2.27. The van der Waals surface area contributed by atoms with Crippen molar-refractivity contribution in [1.82, 2.24) is 10.1 Å². The van der Waals surface area contributed by atoms with Crippen LogP contribution in [0.2, 0.25) is 0 Å². The van der Waals surface area contributed by atoms with E-state index in [9.17, 15) is 28.8 Å². The maximum Gasteiger partial charge on any atom is 0.333 e. The highest BCUT2D eigenvalue weighted by molar-refractivity contribution is 6.04. The number of unbranched alkanes of at least 4 members (excludes halogenated alkanes) is 4. The van der Waals surface area contributed by atoms with Gasteiger partial charge in [-0.2, -0.15) is 9.15 Å². The van der Waals surface area contributed by atoms with Gasteiger partial charge in [-0.3, -0.25) is 19.2 Å². The average molecular weight is 1200 g/mol. The van der Waals surface area contributed by atoms with Gasteiger partial charge in [-0.15, -0.1) is 10.1 Å². The zero-order valence-corrected chi connectivity index (χ0v) is 53.0. The number of allylic oxidation sites excluding steroid dienone is 12. The monoisotopic (exact) mass is 1200 g/mol. The SMILES string of the molecule is C[N+]1=C(C=CC=CC=C2N(CCCCCC(=O)ON3C(=O)CCC3=O)c3ccccc3C2(C)C)C(C)(C)c2ccccc21.C[N+]1=C(C=CC=CC=C2N(CCCCCC(=O)ON3C(=O)CCC3=O)c3ccccc3C2(C)C)C(C)(C)c2ccccc21.[Cl-]. The van der Waals surface area contributed by atoms with Crippen LogP contribution in [-0.2, 0) is 60.1 Å². The molecule has 2 fully saturated rings. The van der Waals surface area contributed by atoms with E-state index >= 15 is 0 Å². The molecule has 0 aliphatic carbocycles. The molecule has 0 radical (unpaired) electrons. The molecule has 0 aromatic heterocycles. The van der Waals surface area contributed by atoms with Gasteiger partial charge in [0.25, 0.3) is 23.6 Å². The van der Waals surface area contributed by atoms with Crippen LogP contribution in [-0.4, -0.2) is 93.5 Å². The maximum absolute atomic E-state index is 12.2. The van der Waals surface area contributed by atoms with E-state index in [1.54, 1.807) is 0 Å². The fourth-order valence-electron chi connectivity index (χ4n) is 13.1. The Labute approximate surface area is 519 Å². The summed E-state index contributed by atoms with van der Waals surface area (Å²) in [4.78, 5) is 85.9. The summed E-state index contributed by atoms with van der Waals surface area (Å²) in [6.07, 6.45) is 27.0. The van der Waals surface area contributed by atoms with Gasteiger partial charge in [0.1, 0.15) is 14.1 Å². The summed E-state index contributed by atoms with van der Waals surface area (Å²) in [5, 5.41) is 1.24. The molecule has 456 valence electrons. The van der Waals surface area contributed by atoms with Crippen molar-refractivity contribution in [1.29, 1.82) is 0 Å². The second kappa shape index (κ2) is 27.2. The molecule has 0 bridgehead atoms. The number of hydrogen-bond donors (Lipinski definition) is 0. The van der Waals surface area contributed by atoms with Crippen molar-refractivity contribution in [3.05, 3.63) is 191 Å². The number of nitrogens with zero attached hydrogens (tertiary/aromatic N) is 6. The molecule has 14 nitrogen and oxygen atoms in total. The van der Waals surface area contributed by atoms with Crippen molar-refractivity contribution in [3.63, 3.8) is 0 Å². The Morgan fingerprint density at radius 1 is 0.437 bits per heavy atom. The lowest BCUT2D eigenvalue weighted by molar-refractivity contribution is -0.401. The number of rotatable bonds is 20. The lowest BCUT2D eigenvalue weighted by Crippen LogP contribution is -3.00. The van der Waals surface area contributed by atoms with Crippen molar-refractivity contribution in [3.8, 4) is 0 Å². The van der Waals surface area contributed by atoms with Crippen LogP contribution in [0.5, 0.6) is 0 Å². The van der Waals surface area contributed by atoms with Crippen LogP contribution in [0.1, 0.15) is 155 Å². The molecular weight excluding hydrogens is 1110 g/mol. The molecule has 10 rings (SSSR count). The fraction of sp³-hybridized carbons (Fsp3) is 0.389. The van der Waals surface area contributed by atoms with E-state index in [1.165, 1.54) is 67.8 Å². The minimum absolute atomic E-state index is 0. The Bertz CT molecular complexity index is 3330. The molecule has 4 amide bonds. The largest absolute Gasteiger partial charge is 1.00 e. The van der Waals surface area contributed by atoms with E-state index in [-0.39, 0.29) is 72.6 Å². The van der Waals surface area contributed by atoms with E-state index in [1.807, 2.05) is 0 Å². The molecule has 0 spiro atoms. The van der Waals surface area contributed by atoms with Crippen LogP contribution >= 0.6 is 0 Å². The van der Waals surface area contributed by atoms with E-state index in [2.05, 4.69) is 246 Å². The number of para-hydroxylation sites is 4. The van der Waals surface area contributed by atoms with Crippen LogP contribution in [0.15, 0.2) is 169 Å². The standard InChI is InChI=1S/2C36H42N3O4.ClH/c2*1-35(2)26-16-11-13-18-28(26)37(5)30(35)20-8-6-9-21-31-36(3,4)27-17-12-14-19-29(27)38(31)25-15-7-10-22-34(42)43-39-32(40)23-24-33(39)41;/h2*6,8-9,11-14,16-21H,7,10,15,22-25H2,1-5H3;1H/q2*+1;/p-1. The van der Waals surface area contributed by atoms with Crippen LogP contribution in [0.4, 0.5) is 22.7 Å². The lowest BCUT2D eigenvalue weighted by atomic mass is 9.81. The van der Waals surface area contributed by atoms with Crippen molar-refractivity contribution >= 4 is 69.7 Å². The van der Waals surface area contributed by atoms with Gasteiger partial charge in [0, 0.05) is 121 Å². The molecular formula is C72H84ClN6O8+. The van der Waals surface area contributed by atoms with Gasteiger partial charge in [-0.1, -0.05) is 150 Å². The summed E-state index contributed by atoms with van der Waals surface area (Å²) in [5.41, 5.74) is 14.9. The fourth-order valence-corrected chi connectivity index (χ4v) is 13.1. The number of halogens is 1. The van der Waals surface area contributed by atoms with Crippen LogP contribution in [0.25, 0.3) is 0 Å². The van der Waals surface area contributed by atoms with E-state index in [4.69, 9.17) is 9.68 Å². The third-order valence-corrected chi connectivity index (χ3v) is 17.9. The molecule has 6 heterocycles. The summed E-state index contributed by atoms with van der Waals surface area (Å²) in [7, 11) is 4.26. The van der Waals surface area contributed by atoms with Gasteiger partial charge in [0.2, 0.25) is 11.4 Å². The molecule has 0 saturated carbocycles. The molecule has 0 N–H and O–H groups in total. The number of imide groups is 2. The number of benzene rings is 4. The second-order valence-corrected chi connectivity index (χ2v) is 25.1. The zero-order valence-electron chi connectivity index (χ0n) is 52.2. The molecule has 4 aromatic rings. The molecule has 2 saturated heterocycles. The summed E-state index contributed by atoms with van der Waals surface area (Å²) in [6.45, 7) is 19.8. The Hall–Kier alpha value is -8.23. The van der Waals surface area contributed by atoms with Gasteiger partial charge in [0.15, 0.2) is 11.4 Å². The maximum atomic E-state index is 12.2. The average Bonchev–Trinajstić information content (AvgIpc) is 1.70. The van der Waals surface area contributed by atoms with Gasteiger partial charge in [0.05, 0.1) is 10.8 Å². The topological polar surface area (TPSA) is 140 Å². The predicted molar refractivity (Wildman–Crippen MR) is 338 cm³/mol. The number of hydroxylamine groups is 4. The van der Waals surface area contributed by atoms with Crippen molar-refractivity contribution in [2.75, 3.05) is 37.0 Å². The molecule has 87 heavy (non-hydrogen) atoms. The Morgan fingerprint density at radius 3 is 1.13 bits per heavy atom. The Balaban J connectivity index is 0.000000223. The third kappa shape index (κ3) is 13.5. The third-order valence-electron chi connectivity index (χ3n) is 17.9. The molecule has 0 unspecified atom stereocenters. The smallest absolute Gasteiger partial charge is 0.333 e. The molecule has 0 atom stereocenters. The summed E-state index contributed by atoms with van der Waals surface area (Å²) < 4.78 is 4.56. The van der Waals surface area contributed by atoms with Crippen molar-refractivity contribution in [2.24, 2.45) is 0 Å². The predicted octanol–water partition coefficient (Wildman–Crippen LogP) is 10.3. The zero-order chi connectivity index (χ0) is 61.6. The van der Waals surface area contributed by atoms with Crippen LogP contribution < -0.4 is 22.2 Å². The summed E-state index contributed by atoms with van der Waals surface area (Å²) >= 11 is 0. The number of anilines is 2. The quantitative estimate of drug-likeness (QED) is 0.0364. The number of amides is 4. The van der Waals surface area contributed by atoms with Crippen LogP contribution in [0, 0.1) is 0 Å². The second-order valence-electron chi connectivity index (χ2n) is 25.1. The van der Waals surface area contributed by atoms with Crippen molar-refractivity contribution in [2.45, 2.75) is 154 Å². The van der Waals surface area contributed by atoms with Gasteiger partial charge < -0.3 is 31.9 Å². The highest BCUT2D eigenvalue weighted by Gasteiger charge is 2.45. The first-order valence-corrected chi connectivity index (χ1v) is 30.5. The van der Waals surface area contributed by atoms with E-state index in [0.717, 1.165) is 38.8 Å². The Kier molecular flexibility index (Phi) is 20.3. The first-order chi connectivity index (χ1) is 41.1. The normalized spacial score (nSPS) is 19.6. The molecule has 6 aliphatic rings. The van der Waals surface area contributed by atoms with Gasteiger partial charge in [-0.05, 0) is 88.8 Å². The summed E-state index contributed by atoms with van der Waals surface area (Å²) in [6, 6.07) is 34.3. The van der Waals surface area contributed by atoms with E-state index in [0.29, 0.717) is 23.0 Å². The molecule has 6 aliphatic heterocycles. The number of carbonyl (C=O) groups excluding carboxylic acids is 6. The summed E-state index contributed by atoms with van der Waals surface area (Å²) in [5.74, 6) is -2.87. The number of hydrogen-bond acceptors (Lipinski definition) is 10. The molecule has 15 heteroatoms. The first kappa shape index (κ1) is 64.8. The number of fused-ring (bicyclic) bond motifs is 4. The van der Waals surface area contributed by atoms with E-state index < -0.39 is 35.6 Å². The molecule has 4 aromatic carbocycles. The highest BCUT2D eigenvalue weighted by Crippen LogP contribution is 2.49. The minimum atomic E-state index is -0.538. The van der Waals surface area contributed by atoms with Crippen molar-refractivity contribution < 1.29 is 60.0 Å².